The molecule has 24 heavy (non-hydrogen) atoms. The van der Waals surface area contributed by atoms with Crippen molar-refractivity contribution in [1.82, 2.24) is 0 Å². The Labute approximate surface area is 143 Å². The van der Waals surface area contributed by atoms with Crippen molar-refractivity contribution < 1.29 is 14.3 Å². The molecule has 0 radical (unpaired) electrons. The van der Waals surface area contributed by atoms with E-state index >= 15 is 0 Å². The molecular formula is C20H25NO3. The predicted molar refractivity (Wildman–Crippen MR) is 96.4 cm³/mol. The third-order valence-corrected chi connectivity index (χ3v) is 3.72. The second-order valence-corrected chi connectivity index (χ2v) is 6.08. The summed E-state index contributed by atoms with van der Waals surface area (Å²) in [5.74, 6) is 0.911. The summed E-state index contributed by atoms with van der Waals surface area (Å²) in [6.45, 7) is 6.48. The van der Waals surface area contributed by atoms with Gasteiger partial charge in [-0.05, 0) is 42.2 Å². The highest BCUT2D eigenvalue weighted by atomic mass is 16.5. The minimum Gasteiger partial charge on any atom is -0.481 e. The third kappa shape index (κ3) is 4.83. The van der Waals surface area contributed by atoms with Crippen LogP contribution in [0.1, 0.15) is 37.8 Å². The molecule has 1 atom stereocenters. The lowest BCUT2D eigenvalue weighted by Gasteiger charge is -2.19. The molecule has 0 heterocycles. The van der Waals surface area contributed by atoms with Gasteiger partial charge in [0.2, 0.25) is 0 Å². The van der Waals surface area contributed by atoms with E-state index < -0.39 is 6.10 Å². The number of carbonyl (C=O) groups excluding carboxylic acids is 1. The lowest BCUT2D eigenvalue weighted by molar-refractivity contribution is -0.122. The number of amides is 1. The van der Waals surface area contributed by atoms with E-state index in [1.807, 2.05) is 48.5 Å². The smallest absolute Gasteiger partial charge is 0.265 e. The quantitative estimate of drug-likeness (QED) is 0.822. The van der Waals surface area contributed by atoms with Gasteiger partial charge < -0.3 is 14.8 Å². The first-order valence-electron chi connectivity index (χ1n) is 8.15. The summed E-state index contributed by atoms with van der Waals surface area (Å²) in [5.41, 5.74) is 2.84. The summed E-state index contributed by atoms with van der Waals surface area (Å²) >= 11 is 0. The largest absolute Gasteiger partial charge is 0.481 e. The molecule has 4 heteroatoms. The molecule has 0 aliphatic heterocycles. The summed E-state index contributed by atoms with van der Waals surface area (Å²) in [7, 11) is 1.65. The van der Waals surface area contributed by atoms with Crippen molar-refractivity contribution in [2.75, 3.05) is 12.4 Å². The van der Waals surface area contributed by atoms with Gasteiger partial charge in [-0.25, -0.2) is 0 Å². The van der Waals surface area contributed by atoms with Crippen LogP contribution in [-0.2, 0) is 16.1 Å². The van der Waals surface area contributed by atoms with E-state index in [0.29, 0.717) is 12.5 Å². The molecule has 4 nitrogen and oxygen atoms in total. The average molecular weight is 327 g/mol. The second kappa shape index (κ2) is 8.50. The van der Waals surface area contributed by atoms with Crippen molar-refractivity contribution >= 4 is 11.6 Å². The first-order chi connectivity index (χ1) is 11.5. The standard InChI is InChI=1S/C20H25NO3/c1-14(2)18-10-5-6-11-19(18)24-15(3)20(22)21-17-9-7-8-16(12-17)13-23-4/h5-12,14-15H,13H2,1-4H3,(H,21,22)/t15-/m0/s1. The maximum absolute atomic E-state index is 12.4. The highest BCUT2D eigenvalue weighted by Crippen LogP contribution is 2.26. The molecule has 0 saturated carbocycles. The molecule has 0 fully saturated rings. The monoisotopic (exact) mass is 327 g/mol. The van der Waals surface area contributed by atoms with Crippen LogP contribution in [0.4, 0.5) is 5.69 Å². The van der Waals surface area contributed by atoms with Crippen LogP contribution in [-0.4, -0.2) is 19.1 Å². The maximum atomic E-state index is 12.4. The van der Waals surface area contributed by atoms with Gasteiger partial charge in [0.05, 0.1) is 6.61 Å². The highest BCUT2D eigenvalue weighted by Gasteiger charge is 2.17. The van der Waals surface area contributed by atoms with E-state index in [1.165, 1.54) is 0 Å². The normalized spacial score (nSPS) is 12.0. The molecule has 0 saturated heterocycles. The number of methoxy groups -OCH3 is 1. The van der Waals surface area contributed by atoms with Crippen molar-refractivity contribution in [1.29, 1.82) is 0 Å². The number of para-hydroxylation sites is 1. The summed E-state index contributed by atoms with van der Waals surface area (Å²) in [6.07, 6.45) is -0.587. The number of benzene rings is 2. The molecule has 0 unspecified atom stereocenters. The number of hydrogen-bond acceptors (Lipinski definition) is 3. The Hall–Kier alpha value is -2.33. The van der Waals surface area contributed by atoms with Crippen LogP contribution in [0, 0.1) is 0 Å². The van der Waals surface area contributed by atoms with E-state index in [4.69, 9.17) is 9.47 Å². The van der Waals surface area contributed by atoms with Gasteiger partial charge in [-0.15, -0.1) is 0 Å². The molecule has 0 aliphatic rings. The van der Waals surface area contributed by atoms with Crippen LogP contribution < -0.4 is 10.1 Å². The van der Waals surface area contributed by atoms with Gasteiger partial charge in [0.15, 0.2) is 6.10 Å². The van der Waals surface area contributed by atoms with Gasteiger partial charge in [0.1, 0.15) is 5.75 Å². The minimum absolute atomic E-state index is 0.178. The Morgan fingerprint density at radius 1 is 1.08 bits per heavy atom. The van der Waals surface area contributed by atoms with Crippen molar-refractivity contribution in [3.63, 3.8) is 0 Å². The zero-order valence-electron chi connectivity index (χ0n) is 14.7. The van der Waals surface area contributed by atoms with E-state index in [0.717, 1.165) is 22.6 Å². The van der Waals surface area contributed by atoms with Crippen molar-refractivity contribution in [2.24, 2.45) is 0 Å². The third-order valence-electron chi connectivity index (χ3n) is 3.72. The zero-order valence-corrected chi connectivity index (χ0v) is 14.7. The summed E-state index contributed by atoms with van der Waals surface area (Å²) < 4.78 is 11.0. The molecule has 0 bridgehead atoms. The number of anilines is 1. The van der Waals surface area contributed by atoms with E-state index in [9.17, 15) is 4.79 Å². The van der Waals surface area contributed by atoms with E-state index in [2.05, 4.69) is 19.2 Å². The predicted octanol–water partition coefficient (Wildman–Crippen LogP) is 4.36. The number of ether oxygens (including phenoxy) is 2. The van der Waals surface area contributed by atoms with Gasteiger partial charge in [-0.3, -0.25) is 4.79 Å². The molecule has 128 valence electrons. The molecule has 1 amide bonds. The van der Waals surface area contributed by atoms with Crippen molar-refractivity contribution in [3.05, 3.63) is 59.7 Å². The molecule has 2 aromatic rings. The Balaban J connectivity index is 2.04. The molecule has 0 aliphatic carbocycles. The van der Waals surface area contributed by atoms with Gasteiger partial charge >= 0.3 is 0 Å². The highest BCUT2D eigenvalue weighted by molar-refractivity contribution is 5.94. The summed E-state index contributed by atoms with van der Waals surface area (Å²) in [4.78, 5) is 12.4. The van der Waals surface area contributed by atoms with Crippen LogP contribution in [0.25, 0.3) is 0 Å². The average Bonchev–Trinajstić information content (AvgIpc) is 2.55. The van der Waals surface area contributed by atoms with Crippen LogP contribution in [0.2, 0.25) is 0 Å². The second-order valence-electron chi connectivity index (χ2n) is 6.08. The lowest BCUT2D eigenvalue weighted by atomic mass is 10.0. The molecule has 1 N–H and O–H groups in total. The summed E-state index contributed by atoms with van der Waals surface area (Å²) in [6, 6.07) is 15.4. The molecule has 2 rings (SSSR count). The fourth-order valence-corrected chi connectivity index (χ4v) is 2.46. The van der Waals surface area contributed by atoms with E-state index in [-0.39, 0.29) is 5.91 Å². The van der Waals surface area contributed by atoms with E-state index in [1.54, 1.807) is 14.0 Å². The molecule has 2 aromatic carbocycles. The van der Waals surface area contributed by atoms with Gasteiger partial charge in [0.25, 0.3) is 5.91 Å². The maximum Gasteiger partial charge on any atom is 0.265 e. The van der Waals surface area contributed by atoms with Crippen LogP contribution in [0.15, 0.2) is 48.5 Å². The first kappa shape index (κ1) is 18.0. The van der Waals surface area contributed by atoms with Crippen LogP contribution >= 0.6 is 0 Å². The van der Waals surface area contributed by atoms with Crippen LogP contribution in [0.5, 0.6) is 5.75 Å². The first-order valence-corrected chi connectivity index (χ1v) is 8.15. The fourth-order valence-electron chi connectivity index (χ4n) is 2.46. The Morgan fingerprint density at radius 3 is 2.54 bits per heavy atom. The van der Waals surface area contributed by atoms with Gasteiger partial charge in [-0.1, -0.05) is 44.2 Å². The number of rotatable bonds is 7. The Morgan fingerprint density at radius 2 is 1.83 bits per heavy atom. The summed E-state index contributed by atoms with van der Waals surface area (Å²) in [5, 5.41) is 2.89. The Bertz CT molecular complexity index is 682. The lowest BCUT2D eigenvalue weighted by Crippen LogP contribution is -2.30. The number of hydrogen-bond donors (Lipinski definition) is 1. The molecular weight excluding hydrogens is 302 g/mol. The number of carbonyl (C=O) groups is 1. The van der Waals surface area contributed by atoms with Crippen LogP contribution in [0.3, 0.4) is 0 Å². The fraction of sp³-hybridized carbons (Fsp3) is 0.350. The van der Waals surface area contributed by atoms with Gasteiger partial charge in [0, 0.05) is 12.8 Å². The Kier molecular flexibility index (Phi) is 6.38. The van der Waals surface area contributed by atoms with Crippen molar-refractivity contribution in [3.8, 4) is 5.75 Å². The minimum atomic E-state index is -0.587. The molecule has 0 spiro atoms. The van der Waals surface area contributed by atoms with Gasteiger partial charge in [-0.2, -0.15) is 0 Å². The topological polar surface area (TPSA) is 47.6 Å². The number of nitrogens with one attached hydrogen (secondary N) is 1. The molecule has 0 aromatic heterocycles. The van der Waals surface area contributed by atoms with Crippen molar-refractivity contribution in [2.45, 2.75) is 39.4 Å². The SMILES string of the molecule is COCc1cccc(NC(=O)[C@H](C)Oc2ccccc2C(C)C)c1. The zero-order chi connectivity index (χ0) is 17.5.